The van der Waals surface area contributed by atoms with Gasteiger partial charge in [-0.15, -0.1) is 0 Å². The molecule has 9 heteroatoms. The molecule has 72 heavy (non-hydrogen) atoms. The number of aliphatic carboxylic acids is 1. The molecule has 0 spiro atoms. The lowest BCUT2D eigenvalue weighted by Crippen LogP contribution is -2.40. The number of carboxylic acids is 1. The van der Waals surface area contributed by atoms with Gasteiger partial charge in [0.05, 0.1) is 34.4 Å². The van der Waals surface area contributed by atoms with Gasteiger partial charge in [0, 0.05) is 12.8 Å². The van der Waals surface area contributed by atoms with E-state index in [1.54, 1.807) is 0 Å². The Morgan fingerprint density at radius 1 is 0.431 bits per heavy atom. The Hall–Kier alpha value is -3.79. The van der Waals surface area contributed by atoms with Crippen molar-refractivity contribution in [3.63, 3.8) is 0 Å². The molecular formula is C63H108NO8+. The van der Waals surface area contributed by atoms with Crippen LogP contribution in [0.25, 0.3) is 0 Å². The maximum absolute atomic E-state index is 12.9. The van der Waals surface area contributed by atoms with Crippen molar-refractivity contribution in [2.75, 3.05) is 47.5 Å². The number of nitrogens with zero attached hydrogens (tertiary/aromatic N) is 1. The van der Waals surface area contributed by atoms with Gasteiger partial charge in [0.15, 0.2) is 6.10 Å². The molecule has 0 saturated heterocycles. The predicted molar refractivity (Wildman–Crippen MR) is 304 cm³/mol. The summed E-state index contributed by atoms with van der Waals surface area (Å²) in [7, 11) is 5.96. The number of carbonyl (C=O) groups excluding carboxylic acids is 2. The van der Waals surface area contributed by atoms with Crippen molar-refractivity contribution in [3.8, 4) is 0 Å². The van der Waals surface area contributed by atoms with Crippen LogP contribution in [0.15, 0.2) is 97.2 Å². The molecule has 0 heterocycles. The second-order valence-corrected chi connectivity index (χ2v) is 20.2. The van der Waals surface area contributed by atoms with E-state index in [1.807, 2.05) is 21.1 Å². The van der Waals surface area contributed by atoms with Crippen LogP contribution in [0.4, 0.5) is 0 Å². The fourth-order valence-electron chi connectivity index (χ4n) is 7.63. The third kappa shape index (κ3) is 54.0. The largest absolute Gasteiger partial charge is 0.477 e. The SMILES string of the molecule is CC/C=C\C/C=C\C/C=C\C/C=C\C/C=C\C/C=C\CCCCCCCCCCCCCCC(=O)OC(COC(=O)CCCCCCC/C=C\C/C=C\CCCCCC)COC(OCC[N+](C)(C)C)C(=O)O. The van der Waals surface area contributed by atoms with Gasteiger partial charge in [0.2, 0.25) is 0 Å². The van der Waals surface area contributed by atoms with Gasteiger partial charge in [0.1, 0.15) is 13.2 Å². The molecule has 0 aromatic rings. The molecule has 2 atom stereocenters. The van der Waals surface area contributed by atoms with E-state index in [9.17, 15) is 19.5 Å². The zero-order chi connectivity index (χ0) is 52.7. The summed E-state index contributed by atoms with van der Waals surface area (Å²) in [4.78, 5) is 37.4. The fourth-order valence-corrected chi connectivity index (χ4v) is 7.63. The lowest BCUT2D eigenvalue weighted by molar-refractivity contribution is -0.870. The first-order valence-corrected chi connectivity index (χ1v) is 28.9. The number of allylic oxidation sites excluding steroid dienone is 16. The number of rotatable bonds is 52. The first-order valence-electron chi connectivity index (χ1n) is 28.9. The number of carbonyl (C=O) groups is 3. The van der Waals surface area contributed by atoms with Gasteiger partial charge in [-0.1, -0.05) is 214 Å². The average molecular weight is 1010 g/mol. The molecule has 0 aromatic heterocycles. The molecule has 0 aliphatic heterocycles. The zero-order valence-electron chi connectivity index (χ0n) is 46.8. The minimum absolute atomic E-state index is 0.181. The highest BCUT2D eigenvalue weighted by molar-refractivity contribution is 5.71. The Morgan fingerprint density at radius 2 is 0.792 bits per heavy atom. The molecule has 2 unspecified atom stereocenters. The van der Waals surface area contributed by atoms with Crippen LogP contribution < -0.4 is 0 Å². The Kier molecular flexibility index (Phi) is 50.7. The van der Waals surface area contributed by atoms with E-state index in [-0.39, 0.29) is 38.6 Å². The molecule has 1 N–H and O–H groups in total. The number of hydrogen-bond acceptors (Lipinski definition) is 7. The number of unbranched alkanes of at least 4 members (excludes halogenated alkanes) is 21. The molecule has 9 nitrogen and oxygen atoms in total. The third-order valence-electron chi connectivity index (χ3n) is 12.1. The molecule has 0 aliphatic carbocycles. The van der Waals surface area contributed by atoms with Gasteiger partial charge in [0.25, 0.3) is 6.29 Å². The van der Waals surface area contributed by atoms with Gasteiger partial charge in [-0.05, 0) is 96.3 Å². The van der Waals surface area contributed by atoms with E-state index in [1.165, 1.54) is 89.9 Å². The van der Waals surface area contributed by atoms with Crippen molar-refractivity contribution in [2.24, 2.45) is 0 Å². The van der Waals surface area contributed by atoms with Crippen molar-refractivity contribution < 1.29 is 42.9 Å². The van der Waals surface area contributed by atoms with Crippen molar-refractivity contribution in [2.45, 2.75) is 238 Å². The minimum atomic E-state index is -1.52. The van der Waals surface area contributed by atoms with Crippen molar-refractivity contribution >= 4 is 17.9 Å². The van der Waals surface area contributed by atoms with Crippen molar-refractivity contribution in [3.05, 3.63) is 97.2 Å². The Morgan fingerprint density at radius 3 is 1.18 bits per heavy atom. The summed E-state index contributed by atoms with van der Waals surface area (Å²) in [5, 5.41) is 9.69. The van der Waals surface area contributed by atoms with Crippen LogP contribution in [0, 0.1) is 0 Å². The Labute approximate surface area is 442 Å². The monoisotopic (exact) mass is 1010 g/mol. The van der Waals surface area contributed by atoms with Crippen molar-refractivity contribution in [1.82, 2.24) is 0 Å². The highest BCUT2D eigenvalue weighted by atomic mass is 16.7. The van der Waals surface area contributed by atoms with E-state index in [2.05, 4.69) is 111 Å². The van der Waals surface area contributed by atoms with Crippen LogP contribution >= 0.6 is 0 Å². The lowest BCUT2D eigenvalue weighted by Gasteiger charge is -2.25. The van der Waals surface area contributed by atoms with E-state index in [0.717, 1.165) is 103 Å². The molecule has 0 radical (unpaired) electrons. The quantitative estimate of drug-likeness (QED) is 0.0211. The first-order chi connectivity index (χ1) is 35.1. The highest BCUT2D eigenvalue weighted by Crippen LogP contribution is 2.15. The summed E-state index contributed by atoms with van der Waals surface area (Å²) >= 11 is 0. The van der Waals surface area contributed by atoms with E-state index in [4.69, 9.17) is 18.9 Å². The molecule has 412 valence electrons. The van der Waals surface area contributed by atoms with Crippen LogP contribution in [0.2, 0.25) is 0 Å². The first kappa shape index (κ1) is 68.2. The molecule has 0 aromatic carbocycles. The van der Waals surface area contributed by atoms with Crippen LogP contribution in [0.3, 0.4) is 0 Å². The van der Waals surface area contributed by atoms with Crippen LogP contribution in [0.5, 0.6) is 0 Å². The van der Waals surface area contributed by atoms with E-state index < -0.39 is 24.3 Å². The number of hydrogen-bond donors (Lipinski definition) is 1. The smallest absolute Gasteiger partial charge is 0.361 e. The predicted octanol–water partition coefficient (Wildman–Crippen LogP) is 17.0. The number of carboxylic acid groups (broad SMARTS) is 1. The van der Waals surface area contributed by atoms with Crippen molar-refractivity contribution in [1.29, 1.82) is 0 Å². The second-order valence-electron chi connectivity index (χ2n) is 20.2. The molecule has 0 saturated carbocycles. The summed E-state index contributed by atoms with van der Waals surface area (Å²) < 4.78 is 22.8. The molecule has 0 amide bonds. The Bertz CT molecular complexity index is 1500. The summed E-state index contributed by atoms with van der Waals surface area (Å²) in [6.07, 6.45) is 69.1. The topological polar surface area (TPSA) is 108 Å². The van der Waals surface area contributed by atoms with Gasteiger partial charge < -0.3 is 28.5 Å². The van der Waals surface area contributed by atoms with Gasteiger partial charge in [-0.2, -0.15) is 0 Å². The Balaban J connectivity index is 4.23. The third-order valence-corrected chi connectivity index (χ3v) is 12.1. The summed E-state index contributed by atoms with van der Waals surface area (Å²) in [5.41, 5.74) is 0. The van der Waals surface area contributed by atoms with Crippen LogP contribution in [-0.4, -0.2) is 87.4 Å². The second kappa shape index (κ2) is 53.5. The normalized spacial score (nSPS) is 13.5. The maximum Gasteiger partial charge on any atom is 0.361 e. The zero-order valence-corrected chi connectivity index (χ0v) is 46.8. The van der Waals surface area contributed by atoms with Crippen LogP contribution in [-0.2, 0) is 33.3 Å². The minimum Gasteiger partial charge on any atom is -0.477 e. The van der Waals surface area contributed by atoms with Gasteiger partial charge >= 0.3 is 17.9 Å². The maximum atomic E-state index is 12.9. The number of ether oxygens (including phenoxy) is 4. The number of quaternary nitrogens is 1. The summed E-state index contributed by atoms with van der Waals surface area (Å²) in [6.45, 7) is 4.72. The standard InChI is InChI=1S/C63H107NO8/c1-6-8-10-12-14-16-18-20-22-24-25-26-27-28-29-30-31-32-33-34-35-36-37-38-40-42-44-46-48-50-52-54-61(66)72-59(58-71-63(62(67)68)69-56-55-64(3,4)5)57-70-60(65)53-51-49-47-45-43-41-39-23-21-19-17-15-13-11-9-7-2/h8,10,14,16-17,19-20,22-23,25-26,28-29,31-32,39,59,63H,6-7,9,11-13,15,18,21,24,27,30,33-38,40-58H2,1-5H3/p+1/b10-8-,16-14-,19-17-,22-20-,26-25-,29-28-,32-31-,39-23-. The van der Waals surface area contributed by atoms with Gasteiger partial charge in [-0.3, -0.25) is 9.59 Å². The molecule has 0 aliphatic rings. The van der Waals surface area contributed by atoms with E-state index >= 15 is 0 Å². The average Bonchev–Trinajstić information content (AvgIpc) is 3.35. The van der Waals surface area contributed by atoms with Gasteiger partial charge in [-0.25, -0.2) is 4.79 Å². The molecule has 0 bridgehead atoms. The number of likely N-dealkylation sites (N-methyl/N-ethyl adjacent to an activating group) is 1. The van der Waals surface area contributed by atoms with Crippen LogP contribution in [0.1, 0.15) is 226 Å². The fraction of sp³-hybridized carbons (Fsp3) is 0.698. The molecule has 0 fully saturated rings. The molecular weight excluding hydrogens is 899 g/mol. The lowest BCUT2D eigenvalue weighted by atomic mass is 10.0. The highest BCUT2D eigenvalue weighted by Gasteiger charge is 2.25. The summed E-state index contributed by atoms with van der Waals surface area (Å²) in [6, 6.07) is 0. The number of esters is 2. The van der Waals surface area contributed by atoms with E-state index in [0.29, 0.717) is 17.4 Å². The molecule has 0 rings (SSSR count). The summed E-state index contributed by atoms with van der Waals surface area (Å²) in [5.74, 6) is -2.03.